The molecule has 2 aromatic carbocycles. The van der Waals surface area contributed by atoms with Crippen LogP contribution in [0.4, 0.5) is 0 Å². The number of benzene rings is 2. The third kappa shape index (κ3) is 5.38. The highest BCUT2D eigenvalue weighted by molar-refractivity contribution is 7.87. The molecule has 43 heavy (non-hydrogen) atoms. The predicted molar refractivity (Wildman–Crippen MR) is 165 cm³/mol. The molecule has 3 aromatic rings. The van der Waals surface area contributed by atoms with Crippen LogP contribution in [0.15, 0.2) is 42.5 Å². The number of ether oxygens (including phenoxy) is 1. The molecule has 4 aliphatic rings. The monoisotopic (exact) mass is 604 g/mol. The van der Waals surface area contributed by atoms with Gasteiger partial charge < -0.3 is 14.2 Å². The van der Waals surface area contributed by atoms with E-state index in [1.165, 1.54) is 34.7 Å². The van der Waals surface area contributed by atoms with Gasteiger partial charge in [0, 0.05) is 54.8 Å². The molecule has 0 radical (unpaired) electrons. The van der Waals surface area contributed by atoms with E-state index in [0.29, 0.717) is 63.8 Å². The summed E-state index contributed by atoms with van der Waals surface area (Å²) in [5, 5.41) is 1.09. The van der Waals surface area contributed by atoms with E-state index in [1.807, 2.05) is 17.0 Å². The smallest absolute Gasteiger partial charge is 0.304 e. The highest BCUT2D eigenvalue weighted by Gasteiger charge is 2.35. The van der Waals surface area contributed by atoms with E-state index in [-0.39, 0.29) is 11.8 Å². The second-order valence-electron chi connectivity index (χ2n) is 12.5. The Morgan fingerprint density at radius 2 is 1.63 bits per heavy atom. The molecule has 2 saturated heterocycles. The number of hydrogen-bond acceptors (Lipinski definition) is 5. The van der Waals surface area contributed by atoms with Gasteiger partial charge in [-0.1, -0.05) is 49.6 Å². The summed E-state index contributed by atoms with van der Waals surface area (Å²) in [6, 6.07) is 14.0. The molecule has 1 saturated carbocycles. The molecule has 1 N–H and O–H groups in total. The van der Waals surface area contributed by atoms with Crippen LogP contribution in [0.1, 0.15) is 72.3 Å². The van der Waals surface area contributed by atoms with Gasteiger partial charge in [0.1, 0.15) is 0 Å². The minimum atomic E-state index is -3.90. The maximum absolute atomic E-state index is 13.9. The molecule has 0 spiro atoms. The Morgan fingerprint density at radius 1 is 0.884 bits per heavy atom. The standard InChI is InChI=1S/C33H40N4O5S/c38-32(34-43(40,41)36-14-6-7-15-36)25-12-13-28-29(21-25)37-22-26(33(39)35-16-18-42-19-17-35)20-24-10-4-5-11-27(24)31(37)30(28)23-8-2-1-3-9-23/h4-5,10-13,21,23,26H,1-3,6-9,14-20,22H2,(H,34,38). The fourth-order valence-electron chi connectivity index (χ4n) is 7.66. The van der Waals surface area contributed by atoms with Crippen molar-refractivity contribution < 1.29 is 22.7 Å². The van der Waals surface area contributed by atoms with E-state index in [9.17, 15) is 18.0 Å². The number of morpholine rings is 1. The third-order valence-electron chi connectivity index (χ3n) is 9.82. The Balaban J connectivity index is 1.35. The van der Waals surface area contributed by atoms with Crippen LogP contribution in [0, 0.1) is 5.92 Å². The Labute approximate surface area is 253 Å². The lowest BCUT2D eigenvalue weighted by atomic mass is 9.81. The third-order valence-corrected chi connectivity index (χ3v) is 11.3. The first-order valence-corrected chi connectivity index (χ1v) is 17.3. The van der Waals surface area contributed by atoms with Crippen LogP contribution in [0.2, 0.25) is 0 Å². The number of nitrogens with one attached hydrogen (secondary N) is 1. The Kier molecular flexibility index (Phi) is 7.77. The van der Waals surface area contributed by atoms with E-state index < -0.39 is 16.1 Å². The van der Waals surface area contributed by atoms with Crippen LogP contribution in [-0.4, -0.2) is 73.4 Å². The van der Waals surface area contributed by atoms with Crippen molar-refractivity contribution in [2.75, 3.05) is 39.4 Å². The maximum Gasteiger partial charge on any atom is 0.304 e. The van der Waals surface area contributed by atoms with Crippen molar-refractivity contribution in [3.63, 3.8) is 0 Å². The van der Waals surface area contributed by atoms with Crippen molar-refractivity contribution in [3.8, 4) is 11.3 Å². The average molecular weight is 605 g/mol. The molecular weight excluding hydrogens is 564 g/mol. The van der Waals surface area contributed by atoms with Crippen molar-refractivity contribution >= 4 is 32.9 Å². The van der Waals surface area contributed by atoms with Crippen LogP contribution < -0.4 is 4.72 Å². The zero-order valence-corrected chi connectivity index (χ0v) is 25.4. The van der Waals surface area contributed by atoms with Gasteiger partial charge in [0.05, 0.1) is 24.8 Å². The highest BCUT2D eigenvalue weighted by Crippen LogP contribution is 2.46. The number of hydrogen-bond donors (Lipinski definition) is 1. The molecule has 1 unspecified atom stereocenters. The number of carbonyl (C=O) groups excluding carboxylic acids is 2. The molecule has 3 aliphatic heterocycles. The molecule has 228 valence electrons. The van der Waals surface area contributed by atoms with Crippen molar-refractivity contribution in [2.24, 2.45) is 5.92 Å². The number of carbonyl (C=O) groups is 2. The minimum absolute atomic E-state index is 0.137. The topological polar surface area (TPSA) is 101 Å². The number of rotatable bonds is 5. The lowest BCUT2D eigenvalue weighted by molar-refractivity contribution is -0.140. The van der Waals surface area contributed by atoms with Crippen LogP contribution in [-0.2, 0) is 32.7 Å². The lowest BCUT2D eigenvalue weighted by Gasteiger charge is -2.30. The summed E-state index contributed by atoms with van der Waals surface area (Å²) < 4.78 is 37.3. The van der Waals surface area contributed by atoms with E-state index >= 15 is 0 Å². The van der Waals surface area contributed by atoms with Gasteiger partial charge in [-0.2, -0.15) is 12.7 Å². The second kappa shape index (κ2) is 11.7. The first kappa shape index (κ1) is 28.6. The summed E-state index contributed by atoms with van der Waals surface area (Å²) >= 11 is 0. The molecule has 0 bridgehead atoms. The van der Waals surface area contributed by atoms with Gasteiger partial charge in [0.25, 0.3) is 5.91 Å². The maximum atomic E-state index is 13.9. The van der Waals surface area contributed by atoms with Gasteiger partial charge >= 0.3 is 10.2 Å². The highest BCUT2D eigenvalue weighted by atomic mass is 32.2. The van der Waals surface area contributed by atoms with Crippen molar-refractivity contribution in [3.05, 3.63) is 59.2 Å². The van der Waals surface area contributed by atoms with Crippen LogP contribution >= 0.6 is 0 Å². The van der Waals surface area contributed by atoms with Gasteiger partial charge in [-0.3, -0.25) is 9.59 Å². The Bertz CT molecular complexity index is 1650. The van der Waals surface area contributed by atoms with Crippen LogP contribution in [0.5, 0.6) is 0 Å². The molecule has 1 aliphatic carbocycles. The van der Waals surface area contributed by atoms with Crippen LogP contribution in [0.3, 0.4) is 0 Å². The van der Waals surface area contributed by atoms with Gasteiger partial charge in [0.15, 0.2) is 0 Å². The first-order valence-electron chi connectivity index (χ1n) is 15.8. The van der Waals surface area contributed by atoms with Crippen molar-refractivity contribution in [1.29, 1.82) is 0 Å². The summed E-state index contributed by atoms with van der Waals surface area (Å²) in [5.74, 6) is -0.359. The van der Waals surface area contributed by atoms with Gasteiger partial charge in [-0.05, 0) is 61.3 Å². The molecule has 4 heterocycles. The van der Waals surface area contributed by atoms with E-state index in [1.54, 1.807) is 6.07 Å². The Hall–Kier alpha value is -3.21. The molecule has 1 aromatic heterocycles. The molecular formula is C33H40N4O5S. The first-order chi connectivity index (χ1) is 20.9. The molecule has 7 rings (SSSR count). The van der Waals surface area contributed by atoms with Crippen molar-refractivity contribution in [1.82, 2.24) is 18.5 Å². The molecule has 9 nitrogen and oxygen atoms in total. The quantitative estimate of drug-likeness (QED) is 0.464. The van der Waals surface area contributed by atoms with Gasteiger partial charge in [-0.25, -0.2) is 4.72 Å². The minimum Gasteiger partial charge on any atom is -0.378 e. The Morgan fingerprint density at radius 3 is 2.40 bits per heavy atom. The second-order valence-corrected chi connectivity index (χ2v) is 14.1. The number of aromatic nitrogens is 1. The zero-order valence-electron chi connectivity index (χ0n) is 24.6. The largest absolute Gasteiger partial charge is 0.378 e. The lowest BCUT2D eigenvalue weighted by Crippen LogP contribution is -2.45. The fourth-order valence-corrected chi connectivity index (χ4v) is 8.88. The summed E-state index contributed by atoms with van der Waals surface area (Å²) in [6.07, 6.45) is 8.08. The van der Waals surface area contributed by atoms with E-state index in [2.05, 4.69) is 33.6 Å². The SMILES string of the molecule is O=C(NS(=O)(=O)N1CCCC1)c1ccc2c(C3CCCCC3)c3n(c2c1)CC(C(=O)N1CCOCC1)Cc1ccccc1-3. The van der Waals surface area contributed by atoms with E-state index in [4.69, 9.17) is 4.74 Å². The van der Waals surface area contributed by atoms with Crippen LogP contribution in [0.25, 0.3) is 22.2 Å². The molecule has 3 fully saturated rings. The average Bonchev–Trinajstić information content (AvgIpc) is 3.65. The summed E-state index contributed by atoms with van der Waals surface area (Å²) in [5.41, 5.74) is 5.97. The fraction of sp³-hybridized carbons (Fsp3) is 0.515. The van der Waals surface area contributed by atoms with Gasteiger partial charge in [-0.15, -0.1) is 0 Å². The van der Waals surface area contributed by atoms with Crippen molar-refractivity contribution in [2.45, 2.75) is 63.8 Å². The zero-order chi connectivity index (χ0) is 29.6. The number of fused-ring (bicyclic) bond motifs is 5. The van der Waals surface area contributed by atoms with E-state index in [0.717, 1.165) is 47.8 Å². The number of amides is 2. The van der Waals surface area contributed by atoms with Gasteiger partial charge in [0.2, 0.25) is 5.91 Å². The molecule has 2 amide bonds. The predicted octanol–water partition coefficient (Wildman–Crippen LogP) is 4.46. The summed E-state index contributed by atoms with van der Waals surface area (Å²) in [6.45, 7) is 3.65. The molecule has 10 heteroatoms. The summed E-state index contributed by atoms with van der Waals surface area (Å²) in [4.78, 5) is 29.3. The summed E-state index contributed by atoms with van der Waals surface area (Å²) in [7, 11) is -3.90. The molecule has 1 atom stereocenters. The normalized spacial score (nSPS) is 21.8. The number of nitrogens with zero attached hydrogens (tertiary/aromatic N) is 3.